The van der Waals surface area contributed by atoms with Gasteiger partial charge in [0.1, 0.15) is 0 Å². The van der Waals surface area contributed by atoms with Crippen LogP contribution < -0.4 is 18.9 Å². The number of para-hydroxylation sites is 1. The molecule has 0 aliphatic carbocycles. The predicted octanol–water partition coefficient (Wildman–Crippen LogP) is 0.439. The molecule has 0 amide bonds. The SMILES string of the molecule is C[C-](Cl)c1nc2ccccc2s1.[Li+]. The molecule has 0 spiro atoms. The van der Waals surface area contributed by atoms with E-state index in [0.717, 1.165) is 15.9 Å². The van der Waals surface area contributed by atoms with E-state index in [0.29, 0.717) is 0 Å². The van der Waals surface area contributed by atoms with Crippen LogP contribution in [0.15, 0.2) is 24.3 Å². The zero-order valence-corrected chi connectivity index (χ0v) is 9.12. The summed E-state index contributed by atoms with van der Waals surface area (Å²) in [6, 6.07) is 8.04. The van der Waals surface area contributed by atoms with Crippen LogP contribution in [0.2, 0.25) is 0 Å². The smallest absolute Gasteiger partial charge is 0.317 e. The van der Waals surface area contributed by atoms with Crippen LogP contribution in [0.25, 0.3) is 10.2 Å². The fraction of sp³-hybridized carbons (Fsp3) is 0.111. The van der Waals surface area contributed by atoms with E-state index in [-0.39, 0.29) is 18.9 Å². The van der Waals surface area contributed by atoms with Crippen LogP contribution in [0.5, 0.6) is 0 Å². The first kappa shape index (κ1) is 10.9. The quantitative estimate of drug-likeness (QED) is 0.484. The van der Waals surface area contributed by atoms with Crippen LogP contribution in [0.3, 0.4) is 0 Å². The van der Waals surface area contributed by atoms with Crippen LogP contribution in [0.4, 0.5) is 0 Å². The maximum atomic E-state index is 5.84. The third-order valence-electron chi connectivity index (χ3n) is 1.59. The molecule has 0 saturated carbocycles. The Hall–Kier alpha value is -0.133. The molecule has 0 N–H and O–H groups in total. The van der Waals surface area contributed by atoms with Crippen molar-refractivity contribution in [3.63, 3.8) is 0 Å². The number of aromatic nitrogens is 1. The maximum Gasteiger partial charge on any atom is 1.00 e. The Bertz CT molecular complexity index is 366. The van der Waals surface area contributed by atoms with Crippen LogP contribution in [-0.4, -0.2) is 4.98 Å². The van der Waals surface area contributed by atoms with Gasteiger partial charge in [-0.2, -0.15) is 18.3 Å². The summed E-state index contributed by atoms with van der Waals surface area (Å²) in [5, 5.41) is 1.68. The Morgan fingerprint density at radius 1 is 1.38 bits per heavy atom. The van der Waals surface area contributed by atoms with E-state index in [2.05, 4.69) is 11.1 Å². The van der Waals surface area contributed by atoms with Crippen molar-refractivity contribution in [2.75, 3.05) is 0 Å². The largest absolute Gasteiger partial charge is 1.00 e. The van der Waals surface area contributed by atoms with E-state index >= 15 is 0 Å². The van der Waals surface area contributed by atoms with E-state index in [9.17, 15) is 0 Å². The summed E-state index contributed by atoms with van der Waals surface area (Å²) in [4.78, 5) is 4.36. The first-order valence-electron chi connectivity index (χ1n) is 3.62. The zero-order valence-electron chi connectivity index (χ0n) is 7.54. The summed E-state index contributed by atoms with van der Waals surface area (Å²) >= 11 is 7.46. The fourth-order valence-electron chi connectivity index (χ4n) is 1.02. The second-order valence-electron chi connectivity index (χ2n) is 2.52. The van der Waals surface area contributed by atoms with Crippen LogP contribution in [-0.2, 0) is 0 Å². The third kappa shape index (κ3) is 2.21. The second kappa shape index (κ2) is 4.39. The van der Waals surface area contributed by atoms with Gasteiger partial charge < -0.3 is 11.6 Å². The minimum Gasteiger partial charge on any atom is -0.317 e. The van der Waals surface area contributed by atoms with Crippen molar-refractivity contribution in [2.24, 2.45) is 0 Å². The molecule has 13 heavy (non-hydrogen) atoms. The van der Waals surface area contributed by atoms with E-state index in [4.69, 9.17) is 11.6 Å². The average molecular weight is 204 g/mol. The van der Waals surface area contributed by atoms with E-state index < -0.39 is 0 Å². The molecule has 1 heterocycles. The Balaban J connectivity index is 0.000000845. The molecule has 2 aromatic rings. The number of benzene rings is 1. The van der Waals surface area contributed by atoms with Gasteiger partial charge in [0.25, 0.3) is 0 Å². The monoisotopic (exact) mass is 203 g/mol. The van der Waals surface area contributed by atoms with Gasteiger partial charge in [-0.1, -0.05) is 12.1 Å². The predicted molar refractivity (Wildman–Crippen MR) is 53.5 cm³/mol. The molecule has 1 aromatic carbocycles. The standard InChI is InChI=1S/C9H7ClNS.Li/c1-6(10)9-11-7-4-2-3-5-8(7)12-9;/h2-5H,1H3;/q-1;+1. The molecule has 0 atom stereocenters. The summed E-state index contributed by atoms with van der Waals surface area (Å²) in [7, 11) is 0. The number of hydrogen-bond donors (Lipinski definition) is 0. The van der Waals surface area contributed by atoms with Gasteiger partial charge in [-0.05, 0) is 17.1 Å². The summed E-state index contributed by atoms with van der Waals surface area (Å²) in [6.07, 6.45) is 0. The number of hydrogen-bond acceptors (Lipinski definition) is 2. The first-order chi connectivity index (χ1) is 5.77. The molecule has 2 rings (SSSR count). The van der Waals surface area contributed by atoms with Gasteiger partial charge in [-0.3, -0.25) is 4.98 Å². The van der Waals surface area contributed by atoms with Crippen molar-refractivity contribution in [3.05, 3.63) is 34.7 Å². The van der Waals surface area contributed by atoms with Crippen LogP contribution >= 0.6 is 22.9 Å². The van der Waals surface area contributed by atoms with Gasteiger partial charge in [-0.15, -0.1) is 0 Å². The molecule has 1 nitrogen and oxygen atoms in total. The van der Waals surface area contributed by atoms with E-state index in [1.165, 1.54) is 4.70 Å². The Kier molecular flexibility index (Phi) is 3.70. The minimum absolute atomic E-state index is 0. The zero-order chi connectivity index (χ0) is 8.55. The molecule has 0 aliphatic rings. The van der Waals surface area contributed by atoms with Gasteiger partial charge in [0.15, 0.2) is 0 Å². The van der Waals surface area contributed by atoms with Crippen LogP contribution in [0, 0.1) is 5.38 Å². The van der Waals surface area contributed by atoms with Gasteiger partial charge in [0.2, 0.25) is 0 Å². The van der Waals surface area contributed by atoms with E-state index in [1.54, 1.807) is 11.3 Å². The van der Waals surface area contributed by atoms with Crippen molar-refractivity contribution in [1.82, 2.24) is 4.98 Å². The average Bonchev–Trinajstić information content (AvgIpc) is 2.46. The van der Waals surface area contributed by atoms with Gasteiger partial charge in [0.05, 0.1) is 10.2 Å². The molecule has 0 saturated heterocycles. The van der Waals surface area contributed by atoms with Gasteiger partial charge >= 0.3 is 18.9 Å². The molecule has 0 bridgehead atoms. The number of nitrogens with zero attached hydrogens (tertiary/aromatic N) is 1. The molecule has 0 radical (unpaired) electrons. The molecule has 62 valence electrons. The Morgan fingerprint density at radius 2 is 2.08 bits per heavy atom. The maximum absolute atomic E-state index is 5.84. The molecule has 0 aliphatic heterocycles. The summed E-state index contributed by atoms with van der Waals surface area (Å²) in [5.41, 5.74) is 1.03. The van der Waals surface area contributed by atoms with E-state index in [1.807, 2.05) is 25.1 Å². The summed E-state index contributed by atoms with van der Waals surface area (Å²) in [6.45, 7) is 1.86. The summed E-state index contributed by atoms with van der Waals surface area (Å²) < 4.78 is 1.19. The van der Waals surface area contributed by atoms with Crippen LogP contribution in [0.1, 0.15) is 11.9 Å². The summed E-state index contributed by atoms with van der Waals surface area (Å²) in [5.74, 6) is 0. The Morgan fingerprint density at radius 3 is 2.69 bits per heavy atom. The number of thiazole rings is 1. The number of rotatable bonds is 1. The number of fused-ring (bicyclic) bond motifs is 1. The van der Waals surface area contributed by atoms with Crippen molar-refractivity contribution < 1.29 is 18.9 Å². The molecule has 1 aromatic heterocycles. The normalized spacial score (nSPS) is 9.69. The third-order valence-corrected chi connectivity index (χ3v) is 3.04. The minimum atomic E-state index is 0. The molecular weight excluding hydrogens is 197 g/mol. The Labute approximate surface area is 98.3 Å². The first-order valence-corrected chi connectivity index (χ1v) is 4.82. The molecule has 4 heteroatoms. The second-order valence-corrected chi connectivity index (χ2v) is 4.12. The van der Waals surface area contributed by atoms with Crippen molar-refractivity contribution in [2.45, 2.75) is 6.92 Å². The molecule has 0 fully saturated rings. The van der Waals surface area contributed by atoms with Gasteiger partial charge in [-0.25, -0.2) is 5.38 Å². The molecule has 0 unspecified atom stereocenters. The molecular formula is C9H7ClLiNS. The van der Waals surface area contributed by atoms with Gasteiger partial charge in [0, 0.05) is 0 Å². The topological polar surface area (TPSA) is 12.9 Å². The van der Waals surface area contributed by atoms with Crippen molar-refractivity contribution in [1.29, 1.82) is 0 Å². The van der Waals surface area contributed by atoms with Crippen molar-refractivity contribution in [3.8, 4) is 0 Å². The van der Waals surface area contributed by atoms with Crippen molar-refractivity contribution >= 4 is 33.2 Å². The fourth-order valence-corrected chi connectivity index (χ4v) is 2.04. The number of halogens is 1.